The first-order valence-electron chi connectivity index (χ1n) is 9.92. The Morgan fingerprint density at radius 2 is 1.28 bits per heavy atom. The van der Waals surface area contributed by atoms with E-state index in [2.05, 4.69) is 6.92 Å². The summed E-state index contributed by atoms with van der Waals surface area (Å²) in [6.07, 6.45) is 0.172. The molecule has 0 amide bonds. The van der Waals surface area contributed by atoms with Gasteiger partial charge in [0.2, 0.25) is 0 Å². The second-order valence-corrected chi connectivity index (χ2v) is 7.92. The van der Waals surface area contributed by atoms with Crippen LogP contribution in [-0.4, -0.2) is 27.7 Å². The van der Waals surface area contributed by atoms with Crippen molar-refractivity contribution in [3.05, 3.63) is 59.7 Å². The molecule has 3 rings (SSSR count). The van der Waals surface area contributed by atoms with Crippen molar-refractivity contribution in [2.75, 3.05) is 0 Å². The van der Waals surface area contributed by atoms with Gasteiger partial charge in [-0.05, 0) is 47.9 Å². The minimum Gasteiger partial charge on any atom is -0.383 e. The van der Waals surface area contributed by atoms with Crippen molar-refractivity contribution < 1.29 is 27.8 Å². The first-order valence-corrected chi connectivity index (χ1v) is 9.92. The van der Waals surface area contributed by atoms with E-state index in [4.69, 9.17) is 0 Å². The third-order valence-electron chi connectivity index (χ3n) is 6.17. The standard InChI is InChI=1S/C23H26F4O2/c1-3-5-16-6-8-17(9-7-16)18-10-12-19(13-11-18)21(29)15-14-20(28,4-2)22(24,25)23(21,26)27/h6-13,28-29H,3-5,14-15H2,1-2H3. The van der Waals surface area contributed by atoms with Crippen LogP contribution >= 0.6 is 0 Å². The Morgan fingerprint density at radius 1 is 0.759 bits per heavy atom. The van der Waals surface area contributed by atoms with Gasteiger partial charge in [0.25, 0.3) is 0 Å². The van der Waals surface area contributed by atoms with Gasteiger partial charge in [0.1, 0.15) is 5.60 Å². The lowest BCUT2D eigenvalue weighted by molar-refractivity contribution is -0.373. The van der Waals surface area contributed by atoms with Crippen LogP contribution in [0.2, 0.25) is 0 Å². The minimum absolute atomic E-state index is 0.285. The Labute approximate surface area is 168 Å². The van der Waals surface area contributed by atoms with Crippen LogP contribution in [0.5, 0.6) is 0 Å². The van der Waals surface area contributed by atoms with Gasteiger partial charge in [-0.15, -0.1) is 0 Å². The van der Waals surface area contributed by atoms with E-state index in [-0.39, 0.29) is 5.56 Å². The molecule has 2 aromatic rings. The highest BCUT2D eigenvalue weighted by Gasteiger charge is 2.78. The van der Waals surface area contributed by atoms with Crippen molar-refractivity contribution in [1.82, 2.24) is 0 Å². The molecule has 1 saturated carbocycles. The molecule has 2 N–H and O–H groups in total. The summed E-state index contributed by atoms with van der Waals surface area (Å²) in [5.41, 5.74) is -3.40. The molecule has 0 aromatic heterocycles. The molecular weight excluding hydrogens is 384 g/mol. The Hall–Kier alpha value is -1.92. The lowest BCUT2D eigenvalue weighted by Crippen LogP contribution is -2.70. The van der Waals surface area contributed by atoms with E-state index in [1.54, 1.807) is 0 Å². The predicted octanol–water partition coefficient (Wildman–Crippen LogP) is 5.70. The third-order valence-corrected chi connectivity index (χ3v) is 6.17. The average molecular weight is 410 g/mol. The van der Waals surface area contributed by atoms with Crippen molar-refractivity contribution in [2.24, 2.45) is 0 Å². The maximum absolute atomic E-state index is 14.8. The molecule has 1 aliphatic rings. The number of benzene rings is 2. The van der Waals surface area contributed by atoms with Gasteiger partial charge in [-0.1, -0.05) is 68.8 Å². The summed E-state index contributed by atoms with van der Waals surface area (Å²) in [5.74, 6) is -9.57. The molecule has 2 unspecified atom stereocenters. The van der Waals surface area contributed by atoms with Gasteiger partial charge in [-0.3, -0.25) is 0 Å². The number of aliphatic hydroxyl groups is 2. The molecule has 0 spiro atoms. The molecule has 0 bridgehead atoms. The van der Waals surface area contributed by atoms with Gasteiger partial charge < -0.3 is 10.2 Å². The zero-order chi connectivity index (χ0) is 21.5. The molecule has 0 radical (unpaired) electrons. The van der Waals surface area contributed by atoms with Gasteiger partial charge in [0.15, 0.2) is 5.60 Å². The summed E-state index contributed by atoms with van der Waals surface area (Å²) in [7, 11) is 0. The topological polar surface area (TPSA) is 40.5 Å². The summed E-state index contributed by atoms with van der Waals surface area (Å²) >= 11 is 0. The molecule has 2 atom stereocenters. The predicted molar refractivity (Wildman–Crippen MR) is 104 cm³/mol. The Bertz CT molecular complexity index is 848. The van der Waals surface area contributed by atoms with Crippen molar-refractivity contribution in [2.45, 2.75) is 69.0 Å². The van der Waals surface area contributed by atoms with E-state index >= 15 is 0 Å². The normalized spacial score (nSPS) is 28.3. The van der Waals surface area contributed by atoms with Gasteiger partial charge in [-0.25, -0.2) is 0 Å². The van der Waals surface area contributed by atoms with E-state index in [1.165, 1.54) is 36.8 Å². The lowest BCUT2D eigenvalue weighted by Gasteiger charge is -2.51. The SMILES string of the molecule is CCCc1ccc(-c2ccc(C3(O)CCC(O)(CC)C(F)(F)C3(F)F)cc2)cc1. The van der Waals surface area contributed by atoms with E-state index in [0.29, 0.717) is 0 Å². The quantitative estimate of drug-likeness (QED) is 0.621. The molecule has 29 heavy (non-hydrogen) atoms. The number of halogens is 4. The van der Waals surface area contributed by atoms with Gasteiger partial charge in [0, 0.05) is 0 Å². The van der Waals surface area contributed by atoms with Crippen molar-refractivity contribution in [1.29, 1.82) is 0 Å². The van der Waals surface area contributed by atoms with Crippen LogP contribution in [0.1, 0.15) is 50.7 Å². The van der Waals surface area contributed by atoms with Gasteiger partial charge >= 0.3 is 11.8 Å². The summed E-state index contributed by atoms with van der Waals surface area (Å²) in [6, 6.07) is 13.4. The number of hydrogen-bond donors (Lipinski definition) is 2. The van der Waals surface area contributed by atoms with Crippen LogP contribution in [0, 0.1) is 0 Å². The van der Waals surface area contributed by atoms with E-state index < -0.39 is 42.3 Å². The largest absolute Gasteiger partial charge is 0.383 e. The molecule has 0 saturated heterocycles. The van der Waals surface area contributed by atoms with Crippen LogP contribution in [0.15, 0.2) is 48.5 Å². The molecule has 158 valence electrons. The van der Waals surface area contributed by atoms with E-state index in [0.717, 1.165) is 24.0 Å². The fraction of sp³-hybridized carbons (Fsp3) is 0.478. The molecule has 0 heterocycles. The summed E-state index contributed by atoms with van der Waals surface area (Å²) in [5, 5.41) is 20.7. The molecule has 1 aliphatic carbocycles. The smallest absolute Gasteiger partial charge is 0.345 e. The Morgan fingerprint density at radius 3 is 1.76 bits per heavy atom. The summed E-state index contributed by atoms with van der Waals surface area (Å²) < 4.78 is 58.6. The minimum atomic E-state index is -4.81. The number of hydrogen-bond acceptors (Lipinski definition) is 2. The number of alkyl halides is 4. The van der Waals surface area contributed by atoms with Gasteiger partial charge in [-0.2, -0.15) is 17.6 Å². The molecule has 0 aliphatic heterocycles. The van der Waals surface area contributed by atoms with Crippen LogP contribution in [0.3, 0.4) is 0 Å². The monoisotopic (exact) mass is 410 g/mol. The summed E-state index contributed by atoms with van der Waals surface area (Å²) in [4.78, 5) is 0. The zero-order valence-electron chi connectivity index (χ0n) is 16.6. The maximum atomic E-state index is 14.8. The van der Waals surface area contributed by atoms with Crippen molar-refractivity contribution >= 4 is 0 Å². The molecule has 6 heteroatoms. The van der Waals surface area contributed by atoms with Crippen LogP contribution in [0.25, 0.3) is 11.1 Å². The highest BCUT2D eigenvalue weighted by atomic mass is 19.3. The number of aryl methyl sites for hydroxylation is 1. The first-order chi connectivity index (χ1) is 13.5. The van der Waals surface area contributed by atoms with Crippen molar-refractivity contribution in [3.63, 3.8) is 0 Å². The van der Waals surface area contributed by atoms with Crippen LogP contribution < -0.4 is 0 Å². The molecule has 2 nitrogen and oxygen atoms in total. The average Bonchev–Trinajstić information content (AvgIpc) is 2.71. The van der Waals surface area contributed by atoms with Crippen molar-refractivity contribution in [3.8, 4) is 11.1 Å². The Kier molecular flexibility index (Phi) is 5.56. The second kappa shape index (κ2) is 7.40. The lowest BCUT2D eigenvalue weighted by atomic mass is 9.67. The highest BCUT2D eigenvalue weighted by Crippen LogP contribution is 2.59. The van der Waals surface area contributed by atoms with E-state index in [9.17, 15) is 27.8 Å². The summed E-state index contributed by atoms with van der Waals surface area (Å²) in [6.45, 7) is 3.32. The molecule has 2 aromatic carbocycles. The van der Waals surface area contributed by atoms with Crippen LogP contribution in [0.4, 0.5) is 17.6 Å². The molecular formula is C23H26F4O2. The highest BCUT2D eigenvalue weighted by molar-refractivity contribution is 5.64. The first kappa shape index (κ1) is 21.8. The fourth-order valence-corrected chi connectivity index (χ4v) is 4.07. The maximum Gasteiger partial charge on any atom is 0.345 e. The second-order valence-electron chi connectivity index (χ2n) is 7.92. The third kappa shape index (κ3) is 3.26. The van der Waals surface area contributed by atoms with Gasteiger partial charge in [0.05, 0.1) is 0 Å². The fourth-order valence-electron chi connectivity index (χ4n) is 4.07. The zero-order valence-corrected chi connectivity index (χ0v) is 16.6. The Balaban J connectivity index is 1.92. The molecule has 1 fully saturated rings. The van der Waals surface area contributed by atoms with E-state index in [1.807, 2.05) is 24.3 Å². The number of rotatable bonds is 5. The van der Waals surface area contributed by atoms with Crippen LogP contribution in [-0.2, 0) is 12.0 Å².